The van der Waals surface area contributed by atoms with Crippen LogP contribution < -0.4 is 4.74 Å². The maximum absolute atomic E-state index is 13.7. The van der Waals surface area contributed by atoms with Crippen LogP contribution in [-0.2, 0) is 11.8 Å². The molecule has 7 heteroatoms. The molecule has 0 bridgehead atoms. The molecule has 0 fully saturated rings. The molecule has 1 heterocycles. The molecule has 0 atom stereocenters. The van der Waals surface area contributed by atoms with E-state index in [4.69, 9.17) is 9.47 Å². The number of ether oxygens (including phenoxy) is 2. The van der Waals surface area contributed by atoms with Gasteiger partial charge in [-0.25, -0.2) is 13.5 Å². The zero-order chi connectivity index (χ0) is 15.4. The van der Waals surface area contributed by atoms with Crippen molar-refractivity contribution >= 4 is 0 Å². The lowest BCUT2D eigenvalue weighted by Gasteiger charge is -2.05. The third-order valence-electron chi connectivity index (χ3n) is 2.64. The minimum absolute atomic E-state index is 0.00370. The molecule has 0 radical (unpaired) electrons. The van der Waals surface area contributed by atoms with Gasteiger partial charge in [0.25, 0.3) is 0 Å². The zero-order valence-electron chi connectivity index (χ0n) is 11.8. The standard InChI is InChI=1S/C14H15F2N3O2/c1-4-20-9(2)8-21-14-17-13(19(3)18-14)12-10(15)6-5-7-11(12)16/h5-7H,2,4,8H2,1,3H3. The van der Waals surface area contributed by atoms with Gasteiger partial charge in [-0.3, -0.25) is 0 Å². The van der Waals surface area contributed by atoms with E-state index in [-0.39, 0.29) is 24.0 Å². The molecule has 1 aromatic carbocycles. The molecule has 0 amide bonds. The lowest BCUT2D eigenvalue weighted by molar-refractivity contribution is 0.176. The van der Waals surface area contributed by atoms with Crippen molar-refractivity contribution in [3.63, 3.8) is 0 Å². The van der Waals surface area contributed by atoms with Crippen molar-refractivity contribution in [2.24, 2.45) is 7.05 Å². The fourth-order valence-electron chi connectivity index (χ4n) is 1.74. The van der Waals surface area contributed by atoms with Crippen LogP contribution >= 0.6 is 0 Å². The predicted molar refractivity (Wildman–Crippen MR) is 72.6 cm³/mol. The van der Waals surface area contributed by atoms with Gasteiger partial charge >= 0.3 is 6.01 Å². The molecule has 0 unspecified atom stereocenters. The normalized spacial score (nSPS) is 10.5. The van der Waals surface area contributed by atoms with E-state index < -0.39 is 11.6 Å². The number of hydrogen-bond acceptors (Lipinski definition) is 4. The second kappa shape index (κ2) is 6.34. The fourth-order valence-corrected chi connectivity index (χ4v) is 1.74. The molecule has 21 heavy (non-hydrogen) atoms. The smallest absolute Gasteiger partial charge is 0.336 e. The first-order valence-electron chi connectivity index (χ1n) is 6.31. The molecule has 2 aromatic rings. The maximum atomic E-state index is 13.7. The molecule has 0 N–H and O–H groups in total. The van der Waals surface area contributed by atoms with E-state index in [1.807, 2.05) is 6.92 Å². The van der Waals surface area contributed by atoms with Crippen LogP contribution in [0.2, 0.25) is 0 Å². The molecule has 2 rings (SSSR count). The lowest BCUT2D eigenvalue weighted by Crippen LogP contribution is -2.04. The minimum Gasteiger partial charge on any atom is -0.495 e. The summed E-state index contributed by atoms with van der Waals surface area (Å²) in [5.41, 5.74) is -0.244. The molecule has 0 aliphatic heterocycles. The first-order chi connectivity index (χ1) is 10.0. The number of halogens is 2. The van der Waals surface area contributed by atoms with Crippen LogP contribution in [0.1, 0.15) is 6.92 Å². The Morgan fingerprint density at radius 2 is 2.00 bits per heavy atom. The van der Waals surface area contributed by atoms with E-state index in [0.717, 1.165) is 12.1 Å². The van der Waals surface area contributed by atoms with Crippen LogP contribution in [-0.4, -0.2) is 28.0 Å². The number of aryl methyl sites for hydroxylation is 1. The van der Waals surface area contributed by atoms with E-state index in [0.29, 0.717) is 12.4 Å². The predicted octanol–water partition coefficient (Wildman–Crippen LogP) is 2.69. The first kappa shape index (κ1) is 15.0. The van der Waals surface area contributed by atoms with Gasteiger partial charge in [-0.05, 0) is 19.1 Å². The number of rotatable bonds is 6. The summed E-state index contributed by atoms with van der Waals surface area (Å²) in [6.45, 7) is 6.01. The van der Waals surface area contributed by atoms with Crippen LogP contribution in [0.25, 0.3) is 11.4 Å². The molecule has 0 saturated carbocycles. The fraction of sp³-hybridized carbons (Fsp3) is 0.286. The molecule has 112 valence electrons. The van der Waals surface area contributed by atoms with Crippen LogP contribution in [0.3, 0.4) is 0 Å². The van der Waals surface area contributed by atoms with Crippen LogP contribution in [0, 0.1) is 11.6 Å². The Labute approximate surface area is 120 Å². The summed E-state index contributed by atoms with van der Waals surface area (Å²) in [5, 5.41) is 3.95. The van der Waals surface area contributed by atoms with Gasteiger partial charge in [0, 0.05) is 7.05 Å². The van der Waals surface area contributed by atoms with Crippen LogP contribution in [0.15, 0.2) is 30.5 Å². The quantitative estimate of drug-likeness (QED) is 0.769. The SMILES string of the molecule is C=C(COc1nc(-c2c(F)cccc2F)n(C)n1)OCC. The largest absolute Gasteiger partial charge is 0.495 e. The van der Waals surface area contributed by atoms with Gasteiger partial charge in [0.1, 0.15) is 24.0 Å². The lowest BCUT2D eigenvalue weighted by atomic mass is 10.2. The van der Waals surface area contributed by atoms with Crippen molar-refractivity contribution in [3.8, 4) is 17.4 Å². The summed E-state index contributed by atoms with van der Waals surface area (Å²) in [7, 11) is 1.53. The van der Waals surface area contributed by atoms with Crippen LogP contribution in [0.4, 0.5) is 8.78 Å². The highest BCUT2D eigenvalue weighted by molar-refractivity contribution is 5.57. The van der Waals surface area contributed by atoms with Gasteiger partial charge in [0.2, 0.25) is 0 Å². The number of aromatic nitrogens is 3. The van der Waals surface area contributed by atoms with Gasteiger partial charge in [-0.2, -0.15) is 4.98 Å². The average molecular weight is 295 g/mol. The van der Waals surface area contributed by atoms with Gasteiger partial charge in [0.05, 0.1) is 12.2 Å². The molecule has 0 aliphatic rings. The Bertz CT molecular complexity index is 635. The molecular weight excluding hydrogens is 280 g/mol. The Hall–Kier alpha value is -2.44. The van der Waals surface area contributed by atoms with E-state index in [1.165, 1.54) is 17.8 Å². The maximum Gasteiger partial charge on any atom is 0.336 e. The van der Waals surface area contributed by atoms with E-state index in [9.17, 15) is 8.78 Å². The average Bonchev–Trinajstić information content (AvgIpc) is 2.78. The van der Waals surface area contributed by atoms with Crippen molar-refractivity contribution in [3.05, 3.63) is 42.2 Å². The minimum atomic E-state index is -0.712. The molecular formula is C14H15F2N3O2. The summed E-state index contributed by atoms with van der Waals surface area (Å²) in [6, 6.07) is 3.60. The molecule has 5 nitrogen and oxygen atoms in total. The molecule has 0 spiro atoms. The Morgan fingerprint density at radius 1 is 1.33 bits per heavy atom. The number of hydrogen-bond donors (Lipinski definition) is 0. The summed E-state index contributed by atoms with van der Waals surface area (Å²) in [6.07, 6.45) is 0. The Kier molecular flexibility index (Phi) is 4.52. The highest BCUT2D eigenvalue weighted by atomic mass is 19.1. The van der Waals surface area contributed by atoms with Crippen LogP contribution in [0.5, 0.6) is 6.01 Å². The van der Waals surface area contributed by atoms with Gasteiger partial charge < -0.3 is 9.47 Å². The van der Waals surface area contributed by atoms with E-state index in [2.05, 4.69) is 16.7 Å². The third kappa shape index (κ3) is 3.36. The number of benzene rings is 1. The summed E-state index contributed by atoms with van der Waals surface area (Å²) in [5.74, 6) is -0.960. The Morgan fingerprint density at radius 3 is 2.62 bits per heavy atom. The van der Waals surface area contributed by atoms with Gasteiger partial charge in [-0.15, -0.1) is 5.10 Å². The second-order valence-corrected chi connectivity index (χ2v) is 4.20. The van der Waals surface area contributed by atoms with Crippen molar-refractivity contribution in [2.45, 2.75) is 6.92 Å². The summed E-state index contributed by atoms with van der Waals surface area (Å²) in [4.78, 5) is 3.99. The summed E-state index contributed by atoms with van der Waals surface area (Å²) >= 11 is 0. The Balaban J connectivity index is 2.22. The first-order valence-corrected chi connectivity index (χ1v) is 6.31. The molecule has 1 aromatic heterocycles. The highest BCUT2D eigenvalue weighted by Gasteiger charge is 2.18. The van der Waals surface area contributed by atoms with Crippen molar-refractivity contribution in [1.82, 2.24) is 14.8 Å². The van der Waals surface area contributed by atoms with Crippen molar-refractivity contribution in [1.29, 1.82) is 0 Å². The van der Waals surface area contributed by atoms with E-state index in [1.54, 1.807) is 0 Å². The zero-order valence-corrected chi connectivity index (χ0v) is 11.8. The van der Waals surface area contributed by atoms with Gasteiger partial charge in [-0.1, -0.05) is 12.6 Å². The van der Waals surface area contributed by atoms with Gasteiger partial charge in [0.15, 0.2) is 5.82 Å². The molecule has 0 aliphatic carbocycles. The third-order valence-corrected chi connectivity index (χ3v) is 2.64. The van der Waals surface area contributed by atoms with Crippen molar-refractivity contribution < 1.29 is 18.3 Å². The topological polar surface area (TPSA) is 49.2 Å². The highest BCUT2D eigenvalue weighted by Crippen LogP contribution is 2.25. The summed E-state index contributed by atoms with van der Waals surface area (Å²) < 4.78 is 39.1. The monoisotopic (exact) mass is 295 g/mol. The molecule has 0 saturated heterocycles. The van der Waals surface area contributed by atoms with E-state index >= 15 is 0 Å². The van der Waals surface area contributed by atoms with Crippen molar-refractivity contribution in [2.75, 3.05) is 13.2 Å². The number of nitrogens with zero attached hydrogens (tertiary/aromatic N) is 3. The second-order valence-electron chi connectivity index (χ2n) is 4.20.